The number of hydrogen-bond acceptors (Lipinski definition) is 4. The van der Waals surface area contributed by atoms with Crippen molar-refractivity contribution in [3.63, 3.8) is 0 Å². The van der Waals surface area contributed by atoms with Crippen LogP contribution in [0.2, 0.25) is 0 Å². The third-order valence-corrected chi connectivity index (χ3v) is 5.74. The van der Waals surface area contributed by atoms with E-state index in [1.54, 1.807) is 19.1 Å². The molecule has 1 aliphatic heterocycles. The van der Waals surface area contributed by atoms with Crippen LogP contribution < -0.4 is 9.64 Å². The first kappa shape index (κ1) is 21.9. The number of para-hydroxylation sites is 1. The molecule has 3 aromatic rings. The molecule has 0 unspecified atom stereocenters. The summed E-state index contributed by atoms with van der Waals surface area (Å²) >= 11 is 0. The van der Waals surface area contributed by atoms with E-state index in [0.29, 0.717) is 30.9 Å². The van der Waals surface area contributed by atoms with Gasteiger partial charge in [-0.3, -0.25) is 4.79 Å². The first-order valence-corrected chi connectivity index (χ1v) is 11.2. The number of fused-ring (bicyclic) bond motifs is 1. The smallest absolute Gasteiger partial charge is 0.306 e. The van der Waals surface area contributed by atoms with E-state index in [-0.39, 0.29) is 18.2 Å². The van der Waals surface area contributed by atoms with Crippen LogP contribution in [0.1, 0.15) is 36.5 Å². The number of halogens is 1. The van der Waals surface area contributed by atoms with Gasteiger partial charge in [-0.2, -0.15) is 0 Å². The number of carbonyl (C=O) groups is 1. The zero-order valence-corrected chi connectivity index (χ0v) is 18.4. The zero-order chi connectivity index (χ0) is 22.3. The standard InChI is InChI=1S/C27H28FNO3/c1-2-31-27(30)16-14-20-13-15-23(18-25(20)28)32-19-21-8-6-12-26-24(21)11-7-17-29(26)22-9-4-3-5-10-22/h3-6,8-10,12-13,15,18H,2,7,11,14,16-17,19H2,1H3. The van der Waals surface area contributed by atoms with Gasteiger partial charge in [0.2, 0.25) is 0 Å². The quantitative estimate of drug-likeness (QED) is 0.409. The fraction of sp³-hybridized carbons (Fsp3) is 0.296. The number of aryl methyl sites for hydroxylation is 1. The van der Waals surface area contributed by atoms with E-state index in [0.717, 1.165) is 24.9 Å². The molecule has 1 heterocycles. The molecule has 0 fully saturated rings. The van der Waals surface area contributed by atoms with Crippen molar-refractivity contribution in [3.05, 3.63) is 89.2 Å². The van der Waals surface area contributed by atoms with Crippen LogP contribution in [-0.4, -0.2) is 19.1 Å². The van der Waals surface area contributed by atoms with Crippen molar-refractivity contribution < 1.29 is 18.7 Å². The Labute approximate surface area is 188 Å². The second-order valence-electron chi connectivity index (χ2n) is 7.85. The molecule has 3 aromatic carbocycles. The van der Waals surface area contributed by atoms with Crippen LogP contribution >= 0.6 is 0 Å². The molecule has 5 heteroatoms. The fourth-order valence-corrected chi connectivity index (χ4v) is 4.16. The Bertz CT molecular complexity index is 1070. The summed E-state index contributed by atoms with van der Waals surface area (Å²) < 4.78 is 25.3. The lowest BCUT2D eigenvalue weighted by Gasteiger charge is -2.32. The Morgan fingerprint density at radius 2 is 1.88 bits per heavy atom. The molecule has 0 bridgehead atoms. The van der Waals surface area contributed by atoms with Gasteiger partial charge in [-0.1, -0.05) is 36.4 Å². The molecule has 1 aliphatic rings. The van der Waals surface area contributed by atoms with Crippen LogP contribution in [0.15, 0.2) is 66.7 Å². The van der Waals surface area contributed by atoms with Crippen molar-refractivity contribution in [2.24, 2.45) is 0 Å². The summed E-state index contributed by atoms with van der Waals surface area (Å²) in [5.41, 5.74) is 5.29. The van der Waals surface area contributed by atoms with Gasteiger partial charge >= 0.3 is 5.97 Å². The predicted molar refractivity (Wildman–Crippen MR) is 124 cm³/mol. The lowest BCUT2D eigenvalue weighted by Crippen LogP contribution is -2.25. The third-order valence-electron chi connectivity index (χ3n) is 5.74. The van der Waals surface area contributed by atoms with E-state index in [4.69, 9.17) is 9.47 Å². The summed E-state index contributed by atoms with van der Waals surface area (Å²) in [5.74, 6) is -0.196. The molecule has 0 aliphatic carbocycles. The summed E-state index contributed by atoms with van der Waals surface area (Å²) in [5, 5.41) is 0. The van der Waals surface area contributed by atoms with Gasteiger partial charge in [-0.05, 0) is 67.1 Å². The molecule has 166 valence electrons. The molecule has 4 rings (SSSR count). The van der Waals surface area contributed by atoms with Gasteiger partial charge in [-0.25, -0.2) is 4.39 Å². The molecule has 0 radical (unpaired) electrons. The first-order valence-electron chi connectivity index (χ1n) is 11.2. The van der Waals surface area contributed by atoms with E-state index < -0.39 is 0 Å². The summed E-state index contributed by atoms with van der Waals surface area (Å²) in [6, 6.07) is 21.5. The van der Waals surface area contributed by atoms with Crippen molar-refractivity contribution in [2.75, 3.05) is 18.1 Å². The Morgan fingerprint density at radius 1 is 1.03 bits per heavy atom. The summed E-state index contributed by atoms with van der Waals surface area (Å²) in [7, 11) is 0. The zero-order valence-electron chi connectivity index (χ0n) is 18.4. The second-order valence-corrected chi connectivity index (χ2v) is 7.85. The van der Waals surface area contributed by atoms with Crippen LogP contribution in [0.25, 0.3) is 0 Å². The van der Waals surface area contributed by atoms with Gasteiger partial charge in [0.1, 0.15) is 18.2 Å². The second kappa shape index (κ2) is 10.3. The molecular formula is C27H28FNO3. The van der Waals surface area contributed by atoms with Gasteiger partial charge in [0.05, 0.1) is 6.61 Å². The summed E-state index contributed by atoms with van der Waals surface area (Å²) in [4.78, 5) is 13.9. The molecule has 0 saturated carbocycles. The normalized spacial score (nSPS) is 12.9. The highest BCUT2D eigenvalue weighted by Gasteiger charge is 2.20. The average molecular weight is 434 g/mol. The Hall–Kier alpha value is -3.34. The maximum atomic E-state index is 14.5. The van der Waals surface area contributed by atoms with E-state index in [2.05, 4.69) is 47.4 Å². The maximum absolute atomic E-state index is 14.5. The average Bonchev–Trinajstić information content (AvgIpc) is 2.82. The minimum atomic E-state index is -0.364. The number of anilines is 2. The summed E-state index contributed by atoms with van der Waals surface area (Å²) in [6.07, 6.45) is 2.55. The largest absolute Gasteiger partial charge is 0.489 e. The molecule has 0 spiro atoms. The third kappa shape index (κ3) is 5.10. The van der Waals surface area contributed by atoms with E-state index >= 15 is 0 Å². The summed E-state index contributed by atoms with van der Waals surface area (Å²) in [6.45, 7) is 3.46. The Morgan fingerprint density at radius 3 is 2.66 bits per heavy atom. The van der Waals surface area contributed by atoms with Crippen LogP contribution in [0.3, 0.4) is 0 Å². The van der Waals surface area contributed by atoms with Crippen molar-refractivity contribution in [1.29, 1.82) is 0 Å². The van der Waals surface area contributed by atoms with Gasteiger partial charge in [0.25, 0.3) is 0 Å². The number of ether oxygens (including phenoxy) is 2. The minimum Gasteiger partial charge on any atom is -0.489 e. The lowest BCUT2D eigenvalue weighted by molar-refractivity contribution is -0.143. The van der Waals surface area contributed by atoms with Gasteiger partial charge < -0.3 is 14.4 Å². The number of carbonyl (C=O) groups excluding carboxylic acids is 1. The van der Waals surface area contributed by atoms with E-state index in [9.17, 15) is 9.18 Å². The molecular weight excluding hydrogens is 405 g/mol. The van der Waals surface area contributed by atoms with Crippen LogP contribution in [0.4, 0.5) is 15.8 Å². The van der Waals surface area contributed by atoms with Crippen LogP contribution in [-0.2, 0) is 29.0 Å². The Balaban J connectivity index is 1.45. The van der Waals surface area contributed by atoms with E-state index in [1.165, 1.54) is 23.0 Å². The number of benzene rings is 3. The fourth-order valence-electron chi connectivity index (χ4n) is 4.16. The molecule has 32 heavy (non-hydrogen) atoms. The lowest BCUT2D eigenvalue weighted by atomic mass is 9.96. The number of hydrogen-bond donors (Lipinski definition) is 0. The van der Waals surface area contributed by atoms with Gasteiger partial charge in [-0.15, -0.1) is 0 Å². The SMILES string of the molecule is CCOC(=O)CCc1ccc(OCc2cccc3c2CCCN3c2ccccc2)cc1F. The Kier molecular flexibility index (Phi) is 7.05. The highest BCUT2D eigenvalue weighted by molar-refractivity contribution is 5.70. The van der Waals surface area contributed by atoms with Crippen molar-refractivity contribution >= 4 is 17.3 Å². The highest BCUT2D eigenvalue weighted by atomic mass is 19.1. The maximum Gasteiger partial charge on any atom is 0.306 e. The molecule has 0 N–H and O–H groups in total. The molecule has 0 amide bonds. The highest BCUT2D eigenvalue weighted by Crippen LogP contribution is 2.35. The molecule has 0 atom stereocenters. The van der Waals surface area contributed by atoms with Crippen molar-refractivity contribution in [1.82, 2.24) is 0 Å². The van der Waals surface area contributed by atoms with E-state index in [1.807, 2.05) is 6.07 Å². The van der Waals surface area contributed by atoms with Crippen molar-refractivity contribution in [2.45, 2.75) is 39.2 Å². The minimum absolute atomic E-state index is 0.166. The van der Waals surface area contributed by atoms with Crippen LogP contribution in [0.5, 0.6) is 5.75 Å². The predicted octanol–water partition coefficient (Wildman–Crippen LogP) is 5.98. The number of nitrogens with zero attached hydrogens (tertiary/aromatic N) is 1. The molecule has 0 aromatic heterocycles. The van der Waals surface area contributed by atoms with Gasteiger partial charge in [0, 0.05) is 30.4 Å². The molecule has 0 saturated heterocycles. The monoisotopic (exact) mass is 433 g/mol. The van der Waals surface area contributed by atoms with Crippen LogP contribution in [0, 0.1) is 5.82 Å². The van der Waals surface area contributed by atoms with Crippen molar-refractivity contribution in [3.8, 4) is 5.75 Å². The molecule has 4 nitrogen and oxygen atoms in total. The van der Waals surface area contributed by atoms with Gasteiger partial charge in [0.15, 0.2) is 0 Å². The number of rotatable bonds is 8. The topological polar surface area (TPSA) is 38.8 Å². The number of esters is 1. The first-order chi connectivity index (χ1) is 15.7.